The lowest BCUT2D eigenvalue weighted by atomic mass is 10.2. The highest BCUT2D eigenvalue weighted by atomic mass is 35.5. The molecule has 0 fully saturated rings. The summed E-state index contributed by atoms with van der Waals surface area (Å²) in [6, 6.07) is 9.61. The zero-order valence-corrected chi connectivity index (χ0v) is 12.9. The van der Waals surface area contributed by atoms with Crippen molar-refractivity contribution in [2.45, 2.75) is 6.54 Å². The summed E-state index contributed by atoms with van der Waals surface area (Å²) in [7, 11) is 0. The van der Waals surface area contributed by atoms with E-state index >= 15 is 0 Å². The normalized spacial score (nSPS) is 11.0. The first-order valence-corrected chi connectivity index (χ1v) is 7.68. The molecule has 21 heavy (non-hydrogen) atoms. The summed E-state index contributed by atoms with van der Waals surface area (Å²) in [5.41, 5.74) is 0.0755. The van der Waals surface area contributed by atoms with Crippen molar-refractivity contribution in [3.8, 4) is 0 Å². The molecular weight excluding hydrogens is 335 g/mol. The summed E-state index contributed by atoms with van der Waals surface area (Å²) in [6.07, 6.45) is 0. The predicted octanol–water partition coefficient (Wildman–Crippen LogP) is 6.10. The van der Waals surface area contributed by atoms with E-state index in [4.69, 9.17) is 23.2 Å². The third kappa shape index (κ3) is 2.84. The molecule has 108 valence electrons. The van der Waals surface area contributed by atoms with Crippen LogP contribution in [0, 0.1) is 11.6 Å². The zero-order chi connectivity index (χ0) is 15.0. The van der Waals surface area contributed by atoms with Gasteiger partial charge in [0, 0.05) is 21.0 Å². The Morgan fingerprint density at radius 2 is 1.86 bits per heavy atom. The molecule has 0 aliphatic rings. The van der Waals surface area contributed by atoms with Crippen molar-refractivity contribution in [1.82, 2.24) is 0 Å². The fraction of sp³-hybridized carbons (Fsp3) is 0.0667. The molecule has 3 rings (SSSR count). The van der Waals surface area contributed by atoms with E-state index in [1.54, 1.807) is 0 Å². The average Bonchev–Trinajstić information content (AvgIpc) is 2.75. The standard InChI is InChI=1S/C15H9Cl2F2NS/c16-10-5-8(18)6-11(19)15(10)20-7-13-14(17)9-3-1-2-4-12(9)21-13/h1-6,20H,7H2. The van der Waals surface area contributed by atoms with E-state index in [-0.39, 0.29) is 10.7 Å². The van der Waals surface area contributed by atoms with Crippen LogP contribution in [-0.2, 0) is 6.54 Å². The van der Waals surface area contributed by atoms with Crippen LogP contribution < -0.4 is 5.32 Å². The van der Waals surface area contributed by atoms with Gasteiger partial charge >= 0.3 is 0 Å². The van der Waals surface area contributed by atoms with Crippen LogP contribution in [0.2, 0.25) is 10.0 Å². The topological polar surface area (TPSA) is 12.0 Å². The Morgan fingerprint density at radius 1 is 1.10 bits per heavy atom. The number of fused-ring (bicyclic) bond motifs is 1. The van der Waals surface area contributed by atoms with E-state index in [0.717, 1.165) is 27.1 Å². The Kier molecular flexibility index (Phi) is 4.02. The molecule has 0 unspecified atom stereocenters. The Bertz CT molecular complexity index is 794. The van der Waals surface area contributed by atoms with Gasteiger partial charge in [0.1, 0.15) is 5.82 Å². The molecule has 3 aromatic rings. The first-order valence-electron chi connectivity index (χ1n) is 6.10. The summed E-state index contributed by atoms with van der Waals surface area (Å²) < 4.78 is 27.8. The van der Waals surface area contributed by atoms with Crippen molar-refractivity contribution in [2.24, 2.45) is 0 Å². The fourth-order valence-electron chi connectivity index (χ4n) is 2.06. The van der Waals surface area contributed by atoms with Gasteiger partial charge in [-0.25, -0.2) is 8.78 Å². The van der Waals surface area contributed by atoms with Crippen molar-refractivity contribution in [3.63, 3.8) is 0 Å². The molecule has 1 heterocycles. The molecule has 0 atom stereocenters. The fourth-order valence-corrected chi connectivity index (χ4v) is 3.76. The van der Waals surface area contributed by atoms with Gasteiger partial charge < -0.3 is 5.32 Å². The third-order valence-corrected chi connectivity index (χ3v) is 5.05. The Labute approximate surface area is 134 Å². The van der Waals surface area contributed by atoms with E-state index in [1.165, 1.54) is 11.3 Å². The minimum absolute atomic E-state index is 0.00438. The summed E-state index contributed by atoms with van der Waals surface area (Å²) in [5, 5.41) is 4.49. The van der Waals surface area contributed by atoms with Crippen molar-refractivity contribution >= 4 is 50.3 Å². The van der Waals surface area contributed by atoms with E-state index < -0.39 is 11.6 Å². The molecule has 0 bridgehead atoms. The summed E-state index contributed by atoms with van der Waals surface area (Å²) in [5.74, 6) is -1.43. The number of rotatable bonds is 3. The Morgan fingerprint density at radius 3 is 2.57 bits per heavy atom. The van der Waals surface area contributed by atoms with Crippen molar-refractivity contribution in [1.29, 1.82) is 0 Å². The minimum Gasteiger partial charge on any atom is -0.377 e. The lowest BCUT2D eigenvalue weighted by Crippen LogP contribution is -2.01. The molecule has 0 aliphatic carbocycles. The number of thiophene rings is 1. The van der Waals surface area contributed by atoms with Crippen LogP contribution >= 0.6 is 34.5 Å². The largest absolute Gasteiger partial charge is 0.377 e. The minimum atomic E-state index is -0.725. The summed E-state index contributed by atoms with van der Waals surface area (Å²) in [6.45, 7) is 0.320. The lowest BCUT2D eigenvalue weighted by Gasteiger charge is -2.09. The van der Waals surface area contributed by atoms with Gasteiger partial charge in [-0.05, 0) is 12.1 Å². The maximum atomic E-state index is 13.7. The zero-order valence-electron chi connectivity index (χ0n) is 10.6. The molecule has 6 heteroatoms. The highest BCUT2D eigenvalue weighted by Gasteiger charge is 2.13. The van der Waals surface area contributed by atoms with Crippen LogP contribution in [0.1, 0.15) is 4.88 Å². The van der Waals surface area contributed by atoms with E-state index in [9.17, 15) is 8.78 Å². The lowest BCUT2D eigenvalue weighted by molar-refractivity contribution is 0.585. The molecule has 2 aromatic carbocycles. The second kappa shape index (κ2) is 5.79. The SMILES string of the molecule is Fc1cc(F)c(NCc2sc3ccccc3c2Cl)c(Cl)c1. The van der Waals surface area contributed by atoms with Gasteiger partial charge in [0.15, 0.2) is 5.82 Å². The van der Waals surface area contributed by atoms with E-state index in [0.29, 0.717) is 11.6 Å². The van der Waals surface area contributed by atoms with Gasteiger partial charge in [0.25, 0.3) is 0 Å². The van der Waals surface area contributed by atoms with Crippen LogP contribution in [-0.4, -0.2) is 0 Å². The first kappa shape index (κ1) is 14.6. The quantitative estimate of drug-likeness (QED) is 0.605. The summed E-state index contributed by atoms with van der Waals surface area (Å²) in [4.78, 5) is 0.873. The van der Waals surface area contributed by atoms with Crippen LogP contribution in [0.25, 0.3) is 10.1 Å². The maximum absolute atomic E-state index is 13.7. The van der Waals surface area contributed by atoms with Gasteiger partial charge in [-0.15, -0.1) is 11.3 Å². The molecule has 0 aliphatic heterocycles. The second-order valence-electron chi connectivity index (χ2n) is 4.43. The Hall–Kier alpha value is -1.36. The molecular formula is C15H9Cl2F2NS. The molecule has 0 spiro atoms. The Balaban J connectivity index is 1.89. The van der Waals surface area contributed by atoms with Crippen LogP contribution in [0.15, 0.2) is 36.4 Å². The molecule has 1 N–H and O–H groups in total. The molecule has 0 saturated carbocycles. The number of nitrogens with one attached hydrogen (secondary N) is 1. The van der Waals surface area contributed by atoms with Crippen LogP contribution in [0.5, 0.6) is 0 Å². The number of anilines is 1. The van der Waals surface area contributed by atoms with Crippen molar-refractivity contribution < 1.29 is 8.78 Å². The number of benzene rings is 2. The molecule has 0 radical (unpaired) electrons. The first-order chi connectivity index (χ1) is 10.1. The number of hydrogen-bond donors (Lipinski definition) is 1. The highest BCUT2D eigenvalue weighted by molar-refractivity contribution is 7.19. The summed E-state index contributed by atoms with van der Waals surface area (Å²) >= 11 is 13.7. The highest BCUT2D eigenvalue weighted by Crippen LogP contribution is 2.36. The molecule has 1 aromatic heterocycles. The van der Waals surface area contributed by atoms with E-state index in [2.05, 4.69) is 5.32 Å². The van der Waals surface area contributed by atoms with Gasteiger partial charge in [-0.1, -0.05) is 41.4 Å². The van der Waals surface area contributed by atoms with Gasteiger partial charge in [-0.3, -0.25) is 0 Å². The average molecular weight is 344 g/mol. The number of hydrogen-bond acceptors (Lipinski definition) is 2. The molecule has 0 amide bonds. The van der Waals surface area contributed by atoms with E-state index in [1.807, 2.05) is 24.3 Å². The van der Waals surface area contributed by atoms with Gasteiger partial charge in [0.2, 0.25) is 0 Å². The molecule has 0 saturated heterocycles. The monoisotopic (exact) mass is 343 g/mol. The number of halogens is 4. The van der Waals surface area contributed by atoms with Gasteiger partial charge in [-0.2, -0.15) is 0 Å². The second-order valence-corrected chi connectivity index (χ2v) is 6.36. The maximum Gasteiger partial charge on any atom is 0.150 e. The predicted molar refractivity (Wildman–Crippen MR) is 85.5 cm³/mol. The molecule has 1 nitrogen and oxygen atoms in total. The van der Waals surface area contributed by atoms with Crippen molar-refractivity contribution in [2.75, 3.05) is 5.32 Å². The van der Waals surface area contributed by atoms with Crippen molar-refractivity contribution in [3.05, 3.63) is 63.0 Å². The van der Waals surface area contributed by atoms with Crippen LogP contribution in [0.4, 0.5) is 14.5 Å². The van der Waals surface area contributed by atoms with Crippen LogP contribution in [0.3, 0.4) is 0 Å². The third-order valence-electron chi connectivity index (χ3n) is 3.03. The smallest absolute Gasteiger partial charge is 0.150 e. The van der Waals surface area contributed by atoms with Gasteiger partial charge in [0.05, 0.1) is 22.3 Å².